The van der Waals surface area contributed by atoms with Crippen molar-refractivity contribution >= 4 is 29.8 Å². The number of hydrogen-bond donors (Lipinski definition) is 3. The van der Waals surface area contributed by atoms with Crippen molar-refractivity contribution in [1.29, 1.82) is 0 Å². The van der Waals surface area contributed by atoms with Gasteiger partial charge in [-0.25, -0.2) is 14.4 Å². The summed E-state index contributed by atoms with van der Waals surface area (Å²) in [7, 11) is 0. The van der Waals surface area contributed by atoms with E-state index in [1.807, 2.05) is 6.07 Å². The van der Waals surface area contributed by atoms with Gasteiger partial charge >= 0.3 is 18.1 Å². The van der Waals surface area contributed by atoms with Gasteiger partial charge in [0.1, 0.15) is 5.60 Å². The number of Topliss-reactive ketones (excluding diaryl/α,β-unsaturated/α-hetero) is 1. The largest absolute Gasteiger partial charge is 0.454 e. The molecule has 40 heavy (non-hydrogen) atoms. The highest BCUT2D eigenvalue weighted by atomic mass is 16.6. The molecule has 3 N–H and O–H groups in total. The summed E-state index contributed by atoms with van der Waals surface area (Å²) in [6, 6.07) is 4.06. The average Bonchev–Trinajstić information content (AvgIpc) is 2.88. The molecule has 222 valence electrons. The van der Waals surface area contributed by atoms with Crippen molar-refractivity contribution in [1.82, 2.24) is 20.9 Å². The molecular weight excluding hydrogens is 520 g/mol. The molecule has 1 unspecified atom stereocenters. The first-order valence-corrected chi connectivity index (χ1v) is 13.5. The molecule has 0 spiro atoms. The third kappa shape index (κ3) is 11.6. The van der Waals surface area contributed by atoms with Crippen LogP contribution in [-0.4, -0.2) is 92.3 Å². The topological polar surface area (TPSA) is 152 Å². The highest BCUT2D eigenvalue weighted by Crippen LogP contribution is 2.15. The van der Waals surface area contributed by atoms with Crippen LogP contribution in [-0.2, 0) is 23.8 Å². The van der Waals surface area contributed by atoms with Crippen molar-refractivity contribution in [2.75, 3.05) is 46.0 Å². The maximum atomic E-state index is 13.0. The molecule has 0 radical (unpaired) electrons. The number of carbonyl (C=O) groups is 5. The van der Waals surface area contributed by atoms with Crippen LogP contribution in [0.5, 0.6) is 0 Å². The standard InChI is InChI=1S/C28H42N4O8/c1-19-9-8-10-20(2)24(19)25(35)39-18-22(33)21(11-6-7-12-29-27(37)40-28(3,4)5)31-23(34)17-30-26(36)32-13-15-38-16-14-32/h8-10,21H,6-7,11-18H2,1-5H3,(H,29,37)(H,30,36)(H,31,34). The SMILES string of the molecule is Cc1cccc(C)c1C(=O)OCC(=O)C(CCCCNC(=O)OC(C)(C)C)NC(=O)CNC(=O)N1CCOCC1. The number of alkyl carbamates (subject to hydrolysis) is 1. The molecule has 1 saturated heterocycles. The zero-order chi connectivity index (χ0) is 29.7. The molecule has 12 nitrogen and oxygen atoms in total. The molecule has 0 aliphatic carbocycles. The van der Waals surface area contributed by atoms with E-state index < -0.39 is 48.0 Å². The van der Waals surface area contributed by atoms with E-state index in [1.165, 1.54) is 0 Å². The summed E-state index contributed by atoms with van der Waals surface area (Å²) in [6.45, 7) is 10.1. The van der Waals surface area contributed by atoms with Gasteiger partial charge < -0.3 is 35.1 Å². The number of urea groups is 1. The maximum Gasteiger partial charge on any atom is 0.407 e. The van der Waals surface area contributed by atoms with Crippen LogP contribution < -0.4 is 16.0 Å². The molecule has 1 fully saturated rings. The van der Waals surface area contributed by atoms with Crippen LogP contribution in [0.1, 0.15) is 61.5 Å². The van der Waals surface area contributed by atoms with E-state index in [-0.39, 0.29) is 13.0 Å². The molecule has 2 rings (SSSR count). The average molecular weight is 563 g/mol. The number of esters is 1. The highest BCUT2D eigenvalue weighted by Gasteiger charge is 2.24. The minimum Gasteiger partial charge on any atom is -0.454 e. The minimum atomic E-state index is -0.944. The predicted octanol–water partition coefficient (Wildman–Crippen LogP) is 2.25. The number of carbonyl (C=O) groups excluding carboxylic acids is 5. The van der Waals surface area contributed by atoms with Gasteiger partial charge in [0.05, 0.1) is 31.4 Å². The summed E-state index contributed by atoms with van der Waals surface area (Å²) in [6.07, 6.45) is 0.716. The molecular formula is C28H42N4O8. The third-order valence-electron chi connectivity index (χ3n) is 6.04. The summed E-state index contributed by atoms with van der Waals surface area (Å²) in [5, 5.41) is 7.84. The number of nitrogens with zero attached hydrogens (tertiary/aromatic N) is 1. The fraction of sp³-hybridized carbons (Fsp3) is 0.607. The molecule has 12 heteroatoms. The van der Waals surface area contributed by atoms with Crippen LogP contribution >= 0.6 is 0 Å². The number of hydrogen-bond acceptors (Lipinski definition) is 8. The van der Waals surface area contributed by atoms with Crippen molar-refractivity contribution in [3.05, 3.63) is 34.9 Å². The number of unbranched alkanes of at least 4 members (excludes halogenated alkanes) is 1. The van der Waals surface area contributed by atoms with Gasteiger partial charge in [0.2, 0.25) is 5.91 Å². The Morgan fingerprint density at radius 1 is 1.00 bits per heavy atom. The number of ether oxygens (including phenoxy) is 3. The first-order chi connectivity index (χ1) is 18.9. The molecule has 0 aromatic heterocycles. The van der Waals surface area contributed by atoms with Crippen LogP contribution in [0.4, 0.5) is 9.59 Å². The van der Waals surface area contributed by atoms with Gasteiger partial charge in [-0.1, -0.05) is 18.2 Å². The number of morpholine rings is 1. The molecule has 1 aromatic carbocycles. The van der Waals surface area contributed by atoms with Gasteiger partial charge in [0.15, 0.2) is 12.4 Å². The van der Waals surface area contributed by atoms with Gasteiger partial charge in [-0.05, 0) is 65.0 Å². The number of ketones is 1. The van der Waals surface area contributed by atoms with Crippen LogP contribution in [0.15, 0.2) is 18.2 Å². The Morgan fingerprint density at radius 2 is 1.65 bits per heavy atom. The highest BCUT2D eigenvalue weighted by molar-refractivity contribution is 5.96. The Hall–Kier alpha value is -3.67. The summed E-state index contributed by atoms with van der Waals surface area (Å²) in [4.78, 5) is 63.9. The summed E-state index contributed by atoms with van der Waals surface area (Å²) < 4.78 is 15.7. The Labute approximate surface area is 235 Å². The van der Waals surface area contributed by atoms with Crippen molar-refractivity contribution in [2.45, 2.75) is 65.5 Å². The fourth-order valence-electron chi connectivity index (χ4n) is 4.02. The van der Waals surface area contributed by atoms with Gasteiger partial charge in [0, 0.05) is 19.6 Å². The van der Waals surface area contributed by atoms with E-state index in [9.17, 15) is 24.0 Å². The van der Waals surface area contributed by atoms with Gasteiger partial charge in [0.25, 0.3) is 0 Å². The van der Waals surface area contributed by atoms with E-state index in [0.29, 0.717) is 51.3 Å². The number of amides is 4. The zero-order valence-corrected chi connectivity index (χ0v) is 24.1. The second-order valence-electron chi connectivity index (χ2n) is 10.6. The Kier molecular flexibility index (Phi) is 12.9. The third-order valence-corrected chi connectivity index (χ3v) is 6.04. The fourth-order valence-corrected chi connectivity index (χ4v) is 4.02. The van der Waals surface area contributed by atoms with Gasteiger partial charge in [-0.2, -0.15) is 0 Å². The first-order valence-electron chi connectivity index (χ1n) is 13.5. The molecule has 1 aliphatic rings. The van der Waals surface area contributed by atoms with Crippen molar-refractivity contribution < 1.29 is 38.2 Å². The van der Waals surface area contributed by atoms with Crippen LogP contribution in [0.25, 0.3) is 0 Å². The zero-order valence-electron chi connectivity index (χ0n) is 24.1. The normalized spacial score (nSPS) is 14.1. The van der Waals surface area contributed by atoms with E-state index in [2.05, 4.69) is 16.0 Å². The lowest BCUT2D eigenvalue weighted by atomic mass is 10.0. The minimum absolute atomic E-state index is 0.249. The molecule has 1 aromatic rings. The van der Waals surface area contributed by atoms with E-state index in [0.717, 1.165) is 11.1 Å². The predicted molar refractivity (Wildman–Crippen MR) is 147 cm³/mol. The summed E-state index contributed by atoms with van der Waals surface area (Å²) in [5.74, 6) is -1.64. The van der Waals surface area contributed by atoms with E-state index >= 15 is 0 Å². The van der Waals surface area contributed by atoms with Crippen molar-refractivity contribution in [2.24, 2.45) is 0 Å². The molecule has 0 bridgehead atoms. The van der Waals surface area contributed by atoms with Gasteiger partial charge in [-0.15, -0.1) is 0 Å². The van der Waals surface area contributed by atoms with E-state index in [1.54, 1.807) is 51.7 Å². The van der Waals surface area contributed by atoms with Crippen molar-refractivity contribution in [3.63, 3.8) is 0 Å². The number of rotatable bonds is 12. The lowest BCUT2D eigenvalue weighted by Gasteiger charge is -2.27. The smallest absolute Gasteiger partial charge is 0.407 e. The number of benzene rings is 1. The Balaban J connectivity index is 1.91. The van der Waals surface area contributed by atoms with Crippen LogP contribution in [0.2, 0.25) is 0 Å². The summed E-state index contributed by atoms with van der Waals surface area (Å²) in [5.41, 5.74) is 1.25. The molecule has 1 aliphatic heterocycles. The molecule has 1 atom stereocenters. The lowest BCUT2D eigenvalue weighted by molar-refractivity contribution is -0.129. The molecule has 1 heterocycles. The van der Waals surface area contributed by atoms with Crippen LogP contribution in [0, 0.1) is 13.8 Å². The monoisotopic (exact) mass is 562 g/mol. The number of nitrogens with one attached hydrogen (secondary N) is 3. The lowest BCUT2D eigenvalue weighted by Crippen LogP contribution is -2.50. The second-order valence-corrected chi connectivity index (χ2v) is 10.6. The Bertz CT molecular complexity index is 1030. The van der Waals surface area contributed by atoms with Crippen LogP contribution in [0.3, 0.4) is 0 Å². The summed E-state index contributed by atoms with van der Waals surface area (Å²) >= 11 is 0. The first kappa shape index (κ1) is 32.5. The molecule has 4 amide bonds. The van der Waals surface area contributed by atoms with Crippen molar-refractivity contribution in [3.8, 4) is 0 Å². The van der Waals surface area contributed by atoms with Gasteiger partial charge in [-0.3, -0.25) is 9.59 Å². The number of aryl methyl sites for hydroxylation is 2. The second kappa shape index (κ2) is 15.8. The Morgan fingerprint density at radius 3 is 2.27 bits per heavy atom. The molecule has 0 saturated carbocycles. The van der Waals surface area contributed by atoms with E-state index in [4.69, 9.17) is 14.2 Å². The quantitative estimate of drug-likeness (QED) is 0.259. The maximum absolute atomic E-state index is 13.0.